The largest absolute Gasteiger partial charge is 0.305 e. The Kier molecular flexibility index (Phi) is 9.54. The predicted octanol–water partition coefficient (Wildman–Crippen LogP) is 9.31. The summed E-state index contributed by atoms with van der Waals surface area (Å²) in [5.74, 6) is 0.600. The first-order valence-electron chi connectivity index (χ1n) is 12.9. The molecule has 0 spiro atoms. The van der Waals surface area contributed by atoms with Gasteiger partial charge in [-0.2, -0.15) is 0 Å². The van der Waals surface area contributed by atoms with Gasteiger partial charge in [0.05, 0.1) is 0 Å². The number of hydrogen-bond donors (Lipinski definition) is 0. The van der Waals surface area contributed by atoms with Crippen molar-refractivity contribution in [3.8, 4) is 22.5 Å². The van der Waals surface area contributed by atoms with Crippen LogP contribution in [-0.4, -0.2) is 9.97 Å². The van der Waals surface area contributed by atoms with Gasteiger partial charge in [0.15, 0.2) is 0 Å². The van der Waals surface area contributed by atoms with Crippen LogP contribution in [0.2, 0.25) is 0 Å². The van der Waals surface area contributed by atoms with Gasteiger partial charge in [-0.15, -0.1) is 59.7 Å². The first-order valence-corrected chi connectivity index (χ1v) is 12.9. The molecule has 2 aromatic heterocycles. The smallest absolute Gasteiger partial charge is 0.0163 e. The van der Waals surface area contributed by atoms with E-state index in [4.69, 9.17) is 0 Å². The Balaban J connectivity index is 0.000000218. The van der Waals surface area contributed by atoms with E-state index in [1.165, 1.54) is 27.1 Å². The first kappa shape index (κ1) is 27.4. The molecule has 0 saturated carbocycles. The van der Waals surface area contributed by atoms with Crippen LogP contribution in [0.5, 0.6) is 0 Å². The molecule has 0 aliphatic rings. The van der Waals surface area contributed by atoms with Gasteiger partial charge < -0.3 is 9.97 Å². The second kappa shape index (κ2) is 13.2. The van der Waals surface area contributed by atoms with Crippen molar-refractivity contribution >= 4 is 21.5 Å². The predicted molar refractivity (Wildman–Crippen MR) is 155 cm³/mol. The van der Waals surface area contributed by atoms with E-state index in [0.29, 0.717) is 5.92 Å². The summed E-state index contributed by atoms with van der Waals surface area (Å²) >= 11 is 0. The van der Waals surface area contributed by atoms with Gasteiger partial charge in [-0.1, -0.05) is 84.8 Å². The fourth-order valence-electron chi connectivity index (χ4n) is 4.77. The zero-order valence-electron chi connectivity index (χ0n) is 21.7. The van der Waals surface area contributed by atoms with E-state index in [-0.39, 0.29) is 20.1 Å². The van der Waals surface area contributed by atoms with Gasteiger partial charge in [-0.25, -0.2) is 0 Å². The van der Waals surface area contributed by atoms with Gasteiger partial charge in [0.2, 0.25) is 0 Å². The minimum absolute atomic E-state index is 0. The molecule has 2 nitrogen and oxygen atoms in total. The molecule has 3 heteroatoms. The third kappa shape index (κ3) is 6.25. The average molecular weight is 671 g/mol. The molecule has 6 rings (SSSR count). The molecule has 4 aromatic carbocycles. The molecule has 0 atom stereocenters. The minimum Gasteiger partial charge on any atom is -0.305 e. The second-order valence-corrected chi connectivity index (χ2v) is 9.12. The van der Waals surface area contributed by atoms with Crippen LogP contribution in [0.15, 0.2) is 116 Å². The molecule has 191 valence electrons. The minimum atomic E-state index is 0. The average Bonchev–Trinajstić information content (AvgIpc) is 2.99. The van der Waals surface area contributed by atoms with Gasteiger partial charge in [-0.05, 0) is 53.1 Å². The van der Waals surface area contributed by atoms with Crippen LogP contribution in [0.1, 0.15) is 38.2 Å². The van der Waals surface area contributed by atoms with E-state index in [1.54, 1.807) is 6.20 Å². The molecule has 0 fully saturated rings. The van der Waals surface area contributed by atoms with Crippen LogP contribution in [0.3, 0.4) is 0 Å². The summed E-state index contributed by atoms with van der Waals surface area (Å²) in [7, 11) is 0. The maximum atomic E-state index is 4.62. The molecular weight excluding hydrogens is 641 g/mol. The quantitative estimate of drug-likeness (QED) is 0.135. The summed E-state index contributed by atoms with van der Waals surface area (Å²) in [6.45, 7) is 4.51. The van der Waals surface area contributed by atoms with Gasteiger partial charge in [0.25, 0.3) is 0 Å². The summed E-state index contributed by atoms with van der Waals surface area (Å²) in [6, 6.07) is 41.8. The summed E-state index contributed by atoms with van der Waals surface area (Å²) in [5.41, 5.74) is 5.47. The van der Waals surface area contributed by atoms with E-state index >= 15 is 0 Å². The Morgan fingerprint density at radius 2 is 1.39 bits per heavy atom. The van der Waals surface area contributed by atoms with Crippen LogP contribution in [0, 0.1) is 12.1 Å². The van der Waals surface area contributed by atoms with Gasteiger partial charge in [-0.3, -0.25) is 0 Å². The molecule has 0 N–H and O–H groups in total. The fraction of sp³-hybridized carbons (Fsp3) is 0.143. The van der Waals surface area contributed by atoms with Crippen molar-refractivity contribution in [1.82, 2.24) is 9.97 Å². The maximum absolute atomic E-state index is 4.62. The summed E-state index contributed by atoms with van der Waals surface area (Å²) in [6.07, 6.45) is 6.04. The number of pyridine rings is 2. The van der Waals surface area contributed by atoms with Crippen LogP contribution < -0.4 is 0 Å². The van der Waals surface area contributed by atoms with Crippen LogP contribution in [0.4, 0.5) is 0 Å². The third-order valence-electron chi connectivity index (χ3n) is 6.84. The second-order valence-electron chi connectivity index (χ2n) is 9.12. The molecule has 0 bridgehead atoms. The van der Waals surface area contributed by atoms with Crippen molar-refractivity contribution in [2.75, 3.05) is 0 Å². The van der Waals surface area contributed by atoms with Crippen molar-refractivity contribution in [2.45, 2.75) is 32.6 Å². The van der Waals surface area contributed by atoms with E-state index in [2.05, 4.69) is 96.6 Å². The van der Waals surface area contributed by atoms with E-state index in [1.807, 2.05) is 48.7 Å². The molecule has 1 radical (unpaired) electrons. The summed E-state index contributed by atoms with van der Waals surface area (Å²) in [4.78, 5) is 8.83. The van der Waals surface area contributed by atoms with Crippen LogP contribution in [0.25, 0.3) is 44.1 Å². The number of benzene rings is 4. The molecule has 0 saturated heterocycles. The number of hydrogen-bond acceptors (Lipinski definition) is 2. The van der Waals surface area contributed by atoms with E-state index < -0.39 is 0 Å². The normalized spacial score (nSPS) is 10.6. The van der Waals surface area contributed by atoms with Crippen molar-refractivity contribution in [1.29, 1.82) is 0 Å². The maximum Gasteiger partial charge on any atom is 0.0163 e. The van der Waals surface area contributed by atoms with Crippen molar-refractivity contribution < 1.29 is 20.1 Å². The molecule has 2 heterocycles. The van der Waals surface area contributed by atoms with Crippen molar-refractivity contribution in [2.24, 2.45) is 0 Å². The SMILES string of the molecule is CCC(CC)c1ccnc(-c2[c-]cc3ccc4ccccc4c3c2)c1.[Ir].[c-]1ccccc1-c1ccccn1. The number of fused-ring (bicyclic) bond motifs is 3. The number of nitrogens with zero attached hydrogens (tertiary/aromatic N) is 2. The van der Waals surface area contributed by atoms with Crippen molar-refractivity contribution in [3.63, 3.8) is 0 Å². The molecule has 6 aromatic rings. The topological polar surface area (TPSA) is 25.8 Å². The molecular formula is C35H30IrN2-2. The molecule has 38 heavy (non-hydrogen) atoms. The van der Waals surface area contributed by atoms with Crippen LogP contribution in [-0.2, 0) is 20.1 Å². The molecule has 0 aliphatic carbocycles. The Morgan fingerprint density at radius 3 is 2.16 bits per heavy atom. The standard InChI is InChI=1S/C24H22N.C11H8N.Ir/c1-3-17(4-2)20-13-14-25-24(16-20)21-12-11-19-10-9-18-7-5-6-8-22(18)23(19)15-21;1-2-6-10(7-3-1)11-8-4-5-9-12-11;/h5-11,13-17H,3-4H2,1-2H3;1-6,8-9H;/q2*-1;. The van der Waals surface area contributed by atoms with Crippen LogP contribution >= 0.6 is 0 Å². The molecule has 0 amide bonds. The summed E-state index contributed by atoms with van der Waals surface area (Å²) in [5, 5.41) is 5.04. The molecule has 0 aliphatic heterocycles. The van der Waals surface area contributed by atoms with Gasteiger partial charge >= 0.3 is 0 Å². The van der Waals surface area contributed by atoms with E-state index in [0.717, 1.165) is 35.4 Å². The fourth-order valence-corrected chi connectivity index (χ4v) is 4.77. The van der Waals surface area contributed by atoms with E-state index in [9.17, 15) is 0 Å². The Labute approximate surface area is 239 Å². The summed E-state index contributed by atoms with van der Waals surface area (Å²) < 4.78 is 0. The number of rotatable bonds is 5. The first-order chi connectivity index (χ1) is 18.3. The third-order valence-corrected chi connectivity index (χ3v) is 6.84. The zero-order valence-corrected chi connectivity index (χ0v) is 24.1. The zero-order chi connectivity index (χ0) is 25.5. The van der Waals surface area contributed by atoms with Crippen molar-refractivity contribution in [3.05, 3.63) is 133 Å². The monoisotopic (exact) mass is 671 g/mol. The Morgan fingerprint density at radius 1 is 0.632 bits per heavy atom. The molecule has 0 unspecified atom stereocenters. The Hall–Kier alpha value is -3.65. The van der Waals surface area contributed by atoms with Gasteiger partial charge in [0, 0.05) is 32.5 Å². The number of aromatic nitrogens is 2. The Bertz CT molecular complexity index is 1560. The van der Waals surface area contributed by atoms with Gasteiger partial charge in [0.1, 0.15) is 0 Å².